The van der Waals surface area contributed by atoms with Crippen molar-refractivity contribution in [3.05, 3.63) is 38.9 Å². The standard InChI is InChI=1S/C14H17ClN2O4/c15-13-9-11(17(20)21)5-6-12(13)14(19)16(7-8-18)10-3-1-2-4-10/h5-6,9-10,18H,1-4,7-8H2. The molecule has 1 aromatic rings. The largest absolute Gasteiger partial charge is 0.395 e. The molecule has 114 valence electrons. The molecular formula is C14H17ClN2O4. The van der Waals surface area contributed by atoms with E-state index in [1.807, 2.05) is 0 Å². The summed E-state index contributed by atoms with van der Waals surface area (Å²) < 4.78 is 0. The monoisotopic (exact) mass is 312 g/mol. The van der Waals surface area contributed by atoms with Crippen LogP contribution < -0.4 is 0 Å². The fourth-order valence-corrected chi connectivity index (χ4v) is 2.97. The minimum Gasteiger partial charge on any atom is -0.395 e. The predicted octanol–water partition coefficient (Wildman–Crippen LogP) is 2.63. The second kappa shape index (κ2) is 6.87. The molecule has 1 amide bonds. The van der Waals surface area contributed by atoms with Crippen molar-refractivity contribution < 1.29 is 14.8 Å². The number of rotatable bonds is 5. The Balaban J connectivity index is 2.25. The van der Waals surface area contributed by atoms with E-state index in [1.54, 1.807) is 4.90 Å². The lowest BCUT2D eigenvalue weighted by molar-refractivity contribution is -0.384. The van der Waals surface area contributed by atoms with Gasteiger partial charge in [0.1, 0.15) is 0 Å². The summed E-state index contributed by atoms with van der Waals surface area (Å²) in [6, 6.07) is 3.93. The van der Waals surface area contributed by atoms with E-state index in [1.165, 1.54) is 18.2 Å². The molecule has 6 nitrogen and oxygen atoms in total. The van der Waals surface area contributed by atoms with Gasteiger partial charge in [0.25, 0.3) is 11.6 Å². The number of nitro groups is 1. The van der Waals surface area contributed by atoms with Crippen LogP contribution in [0.1, 0.15) is 36.0 Å². The van der Waals surface area contributed by atoms with Crippen LogP contribution in [0.5, 0.6) is 0 Å². The van der Waals surface area contributed by atoms with Crippen molar-refractivity contribution in [1.82, 2.24) is 4.90 Å². The zero-order valence-corrected chi connectivity index (χ0v) is 12.3. The number of amides is 1. The molecule has 0 aromatic heterocycles. The third-order valence-corrected chi connectivity index (χ3v) is 4.07. The van der Waals surface area contributed by atoms with Crippen molar-refractivity contribution in [3.63, 3.8) is 0 Å². The zero-order valence-electron chi connectivity index (χ0n) is 11.5. The van der Waals surface area contributed by atoms with Gasteiger partial charge in [0.2, 0.25) is 0 Å². The molecule has 1 aliphatic rings. The second-order valence-electron chi connectivity index (χ2n) is 5.08. The van der Waals surface area contributed by atoms with Crippen LogP contribution in [0.15, 0.2) is 18.2 Å². The number of hydrogen-bond acceptors (Lipinski definition) is 4. The lowest BCUT2D eigenvalue weighted by atomic mass is 10.1. The Kier molecular flexibility index (Phi) is 5.14. The Morgan fingerprint density at radius 3 is 2.62 bits per heavy atom. The van der Waals surface area contributed by atoms with Gasteiger partial charge in [-0.1, -0.05) is 24.4 Å². The number of hydrogen-bond donors (Lipinski definition) is 1. The molecule has 1 N–H and O–H groups in total. The Morgan fingerprint density at radius 2 is 2.10 bits per heavy atom. The third kappa shape index (κ3) is 3.51. The number of nitro benzene ring substituents is 1. The topological polar surface area (TPSA) is 83.7 Å². The summed E-state index contributed by atoms with van der Waals surface area (Å²) in [5.41, 5.74) is 0.0914. The maximum Gasteiger partial charge on any atom is 0.270 e. The molecule has 1 fully saturated rings. The molecule has 0 saturated heterocycles. The van der Waals surface area contributed by atoms with Crippen LogP contribution in [0.25, 0.3) is 0 Å². The number of nitrogens with zero attached hydrogens (tertiary/aromatic N) is 2. The first-order chi connectivity index (χ1) is 10.0. The van der Waals surface area contributed by atoms with Gasteiger partial charge in [-0.2, -0.15) is 0 Å². The van der Waals surface area contributed by atoms with Crippen LogP contribution in [-0.4, -0.2) is 40.0 Å². The van der Waals surface area contributed by atoms with Gasteiger partial charge in [0, 0.05) is 24.7 Å². The molecule has 1 saturated carbocycles. The van der Waals surface area contributed by atoms with Crippen LogP contribution in [0.4, 0.5) is 5.69 Å². The highest BCUT2D eigenvalue weighted by Gasteiger charge is 2.28. The van der Waals surface area contributed by atoms with E-state index in [2.05, 4.69) is 0 Å². The van der Waals surface area contributed by atoms with E-state index in [0.717, 1.165) is 25.7 Å². The average molecular weight is 313 g/mol. The molecule has 0 aliphatic heterocycles. The molecule has 0 unspecified atom stereocenters. The Labute approximate surface area is 127 Å². The smallest absolute Gasteiger partial charge is 0.270 e. The van der Waals surface area contributed by atoms with Gasteiger partial charge in [-0.15, -0.1) is 0 Å². The van der Waals surface area contributed by atoms with E-state index in [4.69, 9.17) is 16.7 Å². The van der Waals surface area contributed by atoms with Crippen molar-refractivity contribution in [2.45, 2.75) is 31.7 Å². The Hall–Kier alpha value is -1.66. The van der Waals surface area contributed by atoms with Gasteiger partial charge in [-0.3, -0.25) is 14.9 Å². The summed E-state index contributed by atoms with van der Waals surface area (Å²) in [6.45, 7) is 0.129. The number of halogens is 1. The average Bonchev–Trinajstić information content (AvgIpc) is 2.97. The molecule has 21 heavy (non-hydrogen) atoms. The number of aliphatic hydroxyl groups is 1. The highest BCUT2D eigenvalue weighted by molar-refractivity contribution is 6.34. The summed E-state index contributed by atoms with van der Waals surface area (Å²) in [5.74, 6) is -0.282. The second-order valence-corrected chi connectivity index (χ2v) is 5.49. The molecule has 0 spiro atoms. The summed E-state index contributed by atoms with van der Waals surface area (Å²) in [5, 5.41) is 19.9. The van der Waals surface area contributed by atoms with Crippen LogP contribution >= 0.6 is 11.6 Å². The third-order valence-electron chi connectivity index (χ3n) is 3.76. The van der Waals surface area contributed by atoms with E-state index >= 15 is 0 Å². The van der Waals surface area contributed by atoms with Gasteiger partial charge in [-0.05, 0) is 18.9 Å². The van der Waals surface area contributed by atoms with Crippen molar-refractivity contribution >= 4 is 23.2 Å². The van der Waals surface area contributed by atoms with Crippen molar-refractivity contribution in [2.75, 3.05) is 13.2 Å². The highest BCUT2D eigenvalue weighted by Crippen LogP contribution is 2.28. The van der Waals surface area contributed by atoms with Crippen LogP contribution in [0, 0.1) is 10.1 Å². The van der Waals surface area contributed by atoms with Gasteiger partial charge >= 0.3 is 0 Å². The quantitative estimate of drug-likeness (QED) is 0.669. The molecule has 0 radical (unpaired) electrons. The van der Waals surface area contributed by atoms with Crippen molar-refractivity contribution in [2.24, 2.45) is 0 Å². The van der Waals surface area contributed by atoms with E-state index in [0.29, 0.717) is 0 Å². The number of aliphatic hydroxyl groups excluding tert-OH is 1. The zero-order chi connectivity index (χ0) is 15.4. The number of carbonyl (C=O) groups excluding carboxylic acids is 1. The molecule has 0 atom stereocenters. The SMILES string of the molecule is O=C(c1ccc([N+](=O)[O-])cc1Cl)N(CCO)C1CCCC1. The van der Waals surface area contributed by atoms with E-state index in [-0.39, 0.29) is 41.4 Å². The number of non-ortho nitro benzene ring substituents is 1. The molecule has 2 rings (SSSR count). The molecule has 1 aromatic carbocycles. The van der Waals surface area contributed by atoms with Crippen LogP contribution in [-0.2, 0) is 0 Å². The Bertz CT molecular complexity index is 544. The molecule has 1 aliphatic carbocycles. The fraction of sp³-hybridized carbons (Fsp3) is 0.500. The van der Waals surface area contributed by atoms with Gasteiger partial charge < -0.3 is 10.0 Å². The minimum absolute atomic E-state index is 0.0649. The summed E-state index contributed by atoms with van der Waals surface area (Å²) in [6.07, 6.45) is 3.95. The van der Waals surface area contributed by atoms with Crippen molar-refractivity contribution in [3.8, 4) is 0 Å². The van der Waals surface area contributed by atoms with E-state index in [9.17, 15) is 14.9 Å². The highest BCUT2D eigenvalue weighted by atomic mass is 35.5. The summed E-state index contributed by atoms with van der Waals surface area (Å²) >= 11 is 6.00. The Morgan fingerprint density at radius 1 is 1.43 bits per heavy atom. The fourth-order valence-electron chi connectivity index (χ4n) is 2.72. The summed E-state index contributed by atoms with van der Waals surface area (Å²) in [4.78, 5) is 24.4. The number of benzene rings is 1. The predicted molar refractivity (Wildman–Crippen MR) is 78.5 cm³/mol. The molecule has 0 heterocycles. The van der Waals surface area contributed by atoms with Gasteiger partial charge in [0.15, 0.2) is 0 Å². The van der Waals surface area contributed by atoms with E-state index < -0.39 is 4.92 Å². The summed E-state index contributed by atoms with van der Waals surface area (Å²) in [7, 11) is 0. The lowest BCUT2D eigenvalue weighted by Gasteiger charge is -2.28. The maximum absolute atomic E-state index is 12.6. The van der Waals surface area contributed by atoms with Gasteiger partial charge in [-0.25, -0.2) is 0 Å². The first-order valence-corrected chi connectivity index (χ1v) is 7.28. The molecule has 0 bridgehead atoms. The van der Waals surface area contributed by atoms with Crippen LogP contribution in [0.3, 0.4) is 0 Å². The molecular weight excluding hydrogens is 296 g/mol. The number of carbonyl (C=O) groups is 1. The normalized spacial score (nSPS) is 15.1. The minimum atomic E-state index is -0.553. The molecule has 7 heteroatoms. The van der Waals surface area contributed by atoms with Crippen LogP contribution in [0.2, 0.25) is 5.02 Å². The van der Waals surface area contributed by atoms with Crippen molar-refractivity contribution in [1.29, 1.82) is 0 Å². The maximum atomic E-state index is 12.6. The lowest BCUT2D eigenvalue weighted by Crippen LogP contribution is -2.40. The van der Waals surface area contributed by atoms with Gasteiger partial charge in [0.05, 0.1) is 22.1 Å². The first kappa shape index (κ1) is 15.7. The first-order valence-electron chi connectivity index (χ1n) is 6.90.